The number of carbonyl (C=O) groups excluding carboxylic acids is 3. The Labute approximate surface area is 249 Å². The van der Waals surface area contributed by atoms with Gasteiger partial charge in [0.1, 0.15) is 5.82 Å². The molecule has 0 saturated carbocycles. The number of thioether (sulfide) groups is 1. The van der Waals surface area contributed by atoms with Crippen molar-refractivity contribution in [2.45, 2.75) is 36.4 Å². The lowest BCUT2D eigenvalue weighted by molar-refractivity contribution is -0.116. The molecule has 208 valence electrons. The molecule has 0 spiro atoms. The number of anilines is 3. The Morgan fingerprint density at radius 3 is 2.46 bits per heavy atom. The summed E-state index contributed by atoms with van der Waals surface area (Å²) in [7, 11) is 0. The van der Waals surface area contributed by atoms with Crippen LogP contribution in [0.2, 0.25) is 5.02 Å². The predicted octanol–water partition coefficient (Wildman–Crippen LogP) is 5.19. The van der Waals surface area contributed by atoms with Crippen LogP contribution in [0.4, 0.5) is 16.5 Å². The molecule has 1 aromatic heterocycles. The smallest absolute Gasteiger partial charge is 0.234 e. The summed E-state index contributed by atoms with van der Waals surface area (Å²) < 4.78 is 0.534. The Kier molecular flexibility index (Phi) is 8.39. The van der Waals surface area contributed by atoms with E-state index in [1.807, 2.05) is 12.1 Å². The Morgan fingerprint density at radius 1 is 1.12 bits per heavy atom. The van der Waals surface area contributed by atoms with E-state index in [4.69, 9.17) is 17.3 Å². The van der Waals surface area contributed by atoms with Crippen LogP contribution in [0.25, 0.3) is 0 Å². The number of rotatable bonds is 7. The third kappa shape index (κ3) is 6.12. The zero-order chi connectivity index (χ0) is 29.1. The number of ketones is 1. The summed E-state index contributed by atoms with van der Waals surface area (Å²) >= 11 is 8.53. The molecule has 2 aliphatic rings. The van der Waals surface area contributed by atoms with Crippen LogP contribution in [0.5, 0.6) is 0 Å². The highest BCUT2D eigenvalue weighted by atomic mass is 35.5. The fourth-order valence-electron chi connectivity index (χ4n) is 4.81. The number of allylic oxidation sites excluding steroid dienone is 3. The molecule has 5 rings (SSSR count). The molecule has 41 heavy (non-hydrogen) atoms. The number of carbonyl (C=O) groups is 3. The van der Waals surface area contributed by atoms with E-state index < -0.39 is 5.92 Å². The molecule has 2 heterocycles. The first-order chi connectivity index (χ1) is 19.7. The molecule has 13 heteroatoms. The highest BCUT2D eigenvalue weighted by Gasteiger charge is 2.41. The van der Waals surface area contributed by atoms with Gasteiger partial charge in [-0.3, -0.25) is 19.3 Å². The number of nitrogens with zero attached hydrogens (tertiary/aromatic N) is 4. The van der Waals surface area contributed by atoms with E-state index in [-0.39, 0.29) is 34.7 Å². The van der Waals surface area contributed by atoms with Crippen LogP contribution in [0, 0.1) is 11.3 Å². The standard InChI is InChI=1S/C28H24ClN7O3S2/c1-15(37)32-18-9-11-19(12-10-18)33-23(39)14-40-28-35-34-27(41-28)36-21-3-2-4-22(38)25(21)24(20(13-30)26(36)31)16-5-7-17(29)8-6-16/h5-12,24H,2-4,14,31H2,1H3,(H,32,37)(H,33,39). The minimum absolute atomic E-state index is 0.0302. The minimum Gasteiger partial charge on any atom is -0.384 e. The summed E-state index contributed by atoms with van der Waals surface area (Å²) in [5.41, 5.74) is 10.1. The van der Waals surface area contributed by atoms with Crippen LogP contribution in [0.3, 0.4) is 0 Å². The predicted molar refractivity (Wildman–Crippen MR) is 159 cm³/mol. The minimum atomic E-state index is -0.589. The summed E-state index contributed by atoms with van der Waals surface area (Å²) in [6, 6.07) is 16.1. The van der Waals surface area contributed by atoms with Gasteiger partial charge in [-0.05, 0) is 54.8 Å². The van der Waals surface area contributed by atoms with E-state index in [0.29, 0.717) is 56.4 Å². The van der Waals surface area contributed by atoms with E-state index in [2.05, 4.69) is 26.9 Å². The number of hydrogen-bond acceptors (Lipinski definition) is 10. The van der Waals surface area contributed by atoms with Gasteiger partial charge in [-0.1, -0.05) is 46.8 Å². The number of halogens is 1. The first kappa shape index (κ1) is 28.4. The Hall–Kier alpha value is -4.18. The van der Waals surface area contributed by atoms with Crippen LogP contribution in [-0.4, -0.2) is 33.5 Å². The highest BCUT2D eigenvalue weighted by Crippen LogP contribution is 2.47. The van der Waals surface area contributed by atoms with Crippen LogP contribution in [-0.2, 0) is 14.4 Å². The Balaban J connectivity index is 1.35. The summed E-state index contributed by atoms with van der Waals surface area (Å²) in [6.45, 7) is 1.42. The van der Waals surface area contributed by atoms with E-state index >= 15 is 0 Å². The van der Waals surface area contributed by atoms with E-state index in [9.17, 15) is 19.6 Å². The average Bonchev–Trinajstić information content (AvgIpc) is 3.41. The first-order valence-electron chi connectivity index (χ1n) is 12.6. The molecule has 0 fully saturated rings. The largest absolute Gasteiger partial charge is 0.384 e. The maximum Gasteiger partial charge on any atom is 0.234 e. The second-order valence-corrected chi connectivity index (χ2v) is 11.9. The molecule has 1 aliphatic carbocycles. The van der Waals surface area contributed by atoms with E-state index in [1.54, 1.807) is 41.3 Å². The quantitative estimate of drug-likeness (QED) is 0.309. The molecule has 0 saturated heterocycles. The SMILES string of the molecule is CC(=O)Nc1ccc(NC(=O)CSc2nnc(N3C(N)=C(C#N)C(c4ccc(Cl)cc4)C4=C3CCCC4=O)s2)cc1. The van der Waals surface area contributed by atoms with E-state index in [1.165, 1.54) is 30.0 Å². The molecule has 0 radical (unpaired) electrons. The Morgan fingerprint density at radius 2 is 1.80 bits per heavy atom. The zero-order valence-electron chi connectivity index (χ0n) is 21.8. The number of aromatic nitrogens is 2. The van der Waals surface area contributed by atoms with Crippen LogP contribution in [0.15, 0.2) is 75.5 Å². The van der Waals surface area contributed by atoms with Crippen molar-refractivity contribution in [1.29, 1.82) is 5.26 Å². The number of benzene rings is 2. The lowest BCUT2D eigenvalue weighted by atomic mass is 9.76. The van der Waals surface area contributed by atoms with Crippen LogP contribution >= 0.6 is 34.7 Å². The van der Waals surface area contributed by atoms with Gasteiger partial charge in [-0.2, -0.15) is 5.26 Å². The highest BCUT2D eigenvalue weighted by molar-refractivity contribution is 8.01. The number of nitrogens with two attached hydrogens (primary N) is 1. The normalized spacial score (nSPS) is 16.8. The third-order valence-corrected chi connectivity index (χ3v) is 8.81. The van der Waals surface area contributed by atoms with Gasteiger partial charge in [-0.25, -0.2) is 0 Å². The summed E-state index contributed by atoms with van der Waals surface area (Å²) in [5.74, 6) is -0.747. The van der Waals surface area contributed by atoms with Crippen molar-refractivity contribution < 1.29 is 14.4 Å². The van der Waals surface area contributed by atoms with Gasteiger partial charge in [0, 0.05) is 41.0 Å². The van der Waals surface area contributed by atoms with Crippen molar-refractivity contribution in [1.82, 2.24) is 10.2 Å². The van der Waals surface area contributed by atoms with Crippen LogP contribution in [0.1, 0.15) is 37.7 Å². The maximum atomic E-state index is 13.2. The van der Waals surface area contributed by atoms with Gasteiger partial charge in [0.2, 0.25) is 16.9 Å². The molecule has 1 atom stereocenters. The zero-order valence-corrected chi connectivity index (χ0v) is 24.2. The average molecular weight is 606 g/mol. The molecular weight excluding hydrogens is 582 g/mol. The molecule has 2 amide bonds. The van der Waals surface area contributed by atoms with Crippen molar-refractivity contribution in [3.63, 3.8) is 0 Å². The molecule has 1 aliphatic heterocycles. The summed E-state index contributed by atoms with van der Waals surface area (Å²) in [6.07, 6.45) is 1.64. The number of amides is 2. The fraction of sp³-hybridized carbons (Fsp3) is 0.214. The van der Waals surface area contributed by atoms with Crippen molar-refractivity contribution in [3.8, 4) is 6.07 Å². The van der Waals surface area contributed by atoms with E-state index in [0.717, 1.165) is 5.56 Å². The number of nitrogens with one attached hydrogen (secondary N) is 2. The molecule has 4 N–H and O–H groups in total. The molecular formula is C28H24ClN7O3S2. The molecule has 2 aromatic carbocycles. The van der Waals surface area contributed by atoms with Crippen molar-refractivity contribution in [2.24, 2.45) is 5.73 Å². The molecule has 1 unspecified atom stereocenters. The Bertz CT molecular complexity index is 1630. The topological polar surface area (TPSA) is 154 Å². The maximum absolute atomic E-state index is 13.2. The van der Waals surface area contributed by atoms with Gasteiger partial charge in [0.15, 0.2) is 10.1 Å². The lowest BCUT2D eigenvalue weighted by Crippen LogP contribution is -2.38. The summed E-state index contributed by atoms with van der Waals surface area (Å²) in [5, 5.41) is 25.1. The van der Waals surface area contributed by atoms with Crippen molar-refractivity contribution in [2.75, 3.05) is 21.3 Å². The lowest BCUT2D eigenvalue weighted by Gasteiger charge is -2.38. The summed E-state index contributed by atoms with van der Waals surface area (Å²) in [4.78, 5) is 38.6. The molecule has 3 aromatic rings. The molecule has 0 bridgehead atoms. The third-order valence-electron chi connectivity index (χ3n) is 6.52. The van der Waals surface area contributed by atoms with Gasteiger partial charge in [-0.15, -0.1) is 10.2 Å². The van der Waals surface area contributed by atoms with Crippen LogP contribution < -0.4 is 21.3 Å². The second kappa shape index (κ2) is 12.1. The van der Waals surface area contributed by atoms with Gasteiger partial charge < -0.3 is 16.4 Å². The molecule has 10 nitrogen and oxygen atoms in total. The van der Waals surface area contributed by atoms with Crippen molar-refractivity contribution in [3.05, 3.63) is 81.8 Å². The number of nitriles is 1. The van der Waals surface area contributed by atoms with Gasteiger partial charge >= 0.3 is 0 Å². The second-order valence-electron chi connectivity index (χ2n) is 9.31. The number of Topliss-reactive ketones (excluding diaryl/α,β-unsaturated/α-hetero) is 1. The van der Waals surface area contributed by atoms with Gasteiger partial charge in [0.05, 0.1) is 23.3 Å². The monoisotopic (exact) mass is 605 g/mol. The number of hydrogen-bond donors (Lipinski definition) is 3. The fourth-order valence-corrected chi connectivity index (χ4v) is 6.62. The van der Waals surface area contributed by atoms with Gasteiger partial charge in [0.25, 0.3) is 0 Å². The first-order valence-corrected chi connectivity index (χ1v) is 14.8. The van der Waals surface area contributed by atoms with Crippen molar-refractivity contribution >= 4 is 68.8 Å².